The van der Waals surface area contributed by atoms with Crippen molar-refractivity contribution in [1.82, 2.24) is 20.6 Å². The van der Waals surface area contributed by atoms with Crippen molar-refractivity contribution in [1.29, 1.82) is 0 Å². The van der Waals surface area contributed by atoms with Crippen molar-refractivity contribution in [2.24, 2.45) is 0 Å². The summed E-state index contributed by atoms with van der Waals surface area (Å²) in [4.78, 5) is 31.0. The van der Waals surface area contributed by atoms with E-state index in [0.29, 0.717) is 24.5 Å². The lowest BCUT2D eigenvalue weighted by Gasteiger charge is -2.10. The lowest BCUT2D eigenvalue weighted by Crippen LogP contribution is -2.31. The number of fused-ring (bicyclic) bond motifs is 2. The van der Waals surface area contributed by atoms with Crippen LogP contribution in [0.1, 0.15) is 11.1 Å². The molecule has 3 aromatic carbocycles. The fourth-order valence-electron chi connectivity index (χ4n) is 4.29. The third-order valence-electron chi connectivity index (χ3n) is 6.11. The Balaban J connectivity index is 1.03. The van der Waals surface area contributed by atoms with Crippen molar-refractivity contribution in [3.8, 4) is 0 Å². The molecule has 0 aliphatic heterocycles. The Hall–Kier alpha value is -4.72. The minimum atomic E-state index is -0.273. The number of para-hydroxylation sites is 2. The van der Waals surface area contributed by atoms with E-state index in [9.17, 15) is 9.59 Å². The maximum Gasteiger partial charge on any atom is 0.319 e. The quantitative estimate of drug-likeness (QED) is 0.179. The van der Waals surface area contributed by atoms with E-state index in [4.69, 9.17) is 0 Å². The predicted octanol–water partition coefficient (Wildman–Crippen LogP) is 5.38. The van der Waals surface area contributed by atoms with E-state index in [2.05, 4.69) is 43.4 Å². The van der Waals surface area contributed by atoms with Gasteiger partial charge in [-0.15, -0.1) is 0 Å². The number of aromatic amines is 2. The smallest absolute Gasteiger partial charge is 0.319 e. The predicted molar refractivity (Wildman–Crippen MR) is 144 cm³/mol. The van der Waals surface area contributed by atoms with Gasteiger partial charge in [0.1, 0.15) is 0 Å². The van der Waals surface area contributed by atoms with Gasteiger partial charge in [0.15, 0.2) is 0 Å². The normalized spacial score (nSPS) is 10.9. The lowest BCUT2D eigenvalue weighted by molar-refractivity contribution is 0.251. The van der Waals surface area contributed by atoms with E-state index < -0.39 is 0 Å². The molecule has 0 unspecified atom stereocenters. The average Bonchev–Trinajstić information content (AvgIpc) is 3.50. The second-order valence-corrected chi connectivity index (χ2v) is 8.56. The molecule has 2 heterocycles. The van der Waals surface area contributed by atoms with Crippen molar-refractivity contribution < 1.29 is 9.59 Å². The Kier molecular flexibility index (Phi) is 6.84. The highest BCUT2D eigenvalue weighted by atomic mass is 16.2. The number of H-pyrrole nitrogens is 2. The molecule has 0 atom stereocenters. The number of aromatic nitrogens is 2. The van der Waals surface area contributed by atoms with Crippen molar-refractivity contribution >= 4 is 45.2 Å². The second-order valence-electron chi connectivity index (χ2n) is 8.56. The molecule has 0 radical (unpaired) electrons. The molecule has 5 rings (SSSR count). The molecule has 0 bridgehead atoms. The molecule has 0 aliphatic carbocycles. The summed E-state index contributed by atoms with van der Waals surface area (Å²) in [5.41, 5.74) is 5.80. The number of anilines is 2. The number of hydrogen-bond donors (Lipinski definition) is 6. The Morgan fingerprint density at radius 2 is 1.00 bits per heavy atom. The number of carbonyl (C=O) groups excluding carboxylic acids is 2. The van der Waals surface area contributed by atoms with Crippen LogP contribution in [-0.4, -0.2) is 35.1 Å². The molecule has 36 heavy (non-hydrogen) atoms. The Bertz CT molecular complexity index is 1370. The summed E-state index contributed by atoms with van der Waals surface area (Å²) in [6.45, 7) is 1.04. The molecule has 4 amide bonds. The van der Waals surface area contributed by atoms with E-state index in [0.717, 1.165) is 23.9 Å². The largest absolute Gasteiger partial charge is 0.361 e. The maximum atomic E-state index is 12.3. The van der Waals surface area contributed by atoms with Gasteiger partial charge < -0.3 is 31.2 Å². The summed E-state index contributed by atoms with van der Waals surface area (Å²) in [6, 6.07) is 22.7. The average molecular weight is 481 g/mol. The van der Waals surface area contributed by atoms with Crippen LogP contribution in [0.25, 0.3) is 21.8 Å². The van der Waals surface area contributed by atoms with Crippen molar-refractivity contribution in [3.63, 3.8) is 0 Å². The second kappa shape index (κ2) is 10.7. The minimum absolute atomic E-state index is 0.273. The van der Waals surface area contributed by atoms with E-state index in [1.54, 1.807) is 24.3 Å². The van der Waals surface area contributed by atoms with Gasteiger partial charge in [0.05, 0.1) is 0 Å². The summed E-state index contributed by atoms with van der Waals surface area (Å²) in [5.74, 6) is 0. The zero-order valence-electron chi connectivity index (χ0n) is 19.7. The van der Waals surface area contributed by atoms with Crippen LogP contribution < -0.4 is 21.3 Å². The highest BCUT2D eigenvalue weighted by molar-refractivity contribution is 5.92. The van der Waals surface area contributed by atoms with Gasteiger partial charge in [-0.05, 0) is 60.4 Å². The molecule has 0 fully saturated rings. The fraction of sp³-hybridized carbons (Fsp3) is 0.143. The molecule has 6 N–H and O–H groups in total. The van der Waals surface area contributed by atoms with E-state index >= 15 is 0 Å². The van der Waals surface area contributed by atoms with Crippen molar-refractivity contribution in [2.45, 2.75) is 12.8 Å². The zero-order valence-corrected chi connectivity index (χ0v) is 19.7. The van der Waals surface area contributed by atoms with Gasteiger partial charge in [-0.1, -0.05) is 36.4 Å². The molecule has 2 aromatic heterocycles. The molecule has 8 nitrogen and oxygen atoms in total. The van der Waals surface area contributed by atoms with Gasteiger partial charge in [-0.25, -0.2) is 9.59 Å². The third kappa shape index (κ3) is 5.50. The van der Waals surface area contributed by atoms with Crippen LogP contribution in [0.4, 0.5) is 21.0 Å². The Morgan fingerprint density at radius 3 is 1.44 bits per heavy atom. The maximum absolute atomic E-state index is 12.3. The standard InChI is InChI=1S/C28H28N6O2/c35-27(29-15-13-19-17-31-25-7-3-1-5-23(19)25)33-21-9-11-22(12-10-21)34-28(36)30-16-14-20-18-32-26-8-4-2-6-24(20)26/h1-12,17-18,31-32H,13-16H2,(H2,29,33,35)(H2,30,34,36). The summed E-state index contributed by atoms with van der Waals surface area (Å²) in [5, 5.41) is 13.7. The summed E-state index contributed by atoms with van der Waals surface area (Å²) in [7, 11) is 0. The SMILES string of the molecule is O=C(NCCc1c[nH]c2ccccc12)Nc1ccc(NC(=O)NCCc2c[nH]c3ccccc23)cc1. The molecule has 0 aliphatic rings. The summed E-state index contributed by atoms with van der Waals surface area (Å²) >= 11 is 0. The van der Waals surface area contributed by atoms with Gasteiger partial charge in [0.25, 0.3) is 0 Å². The molecule has 5 aromatic rings. The van der Waals surface area contributed by atoms with Gasteiger partial charge in [-0.2, -0.15) is 0 Å². The van der Waals surface area contributed by atoms with E-state index in [1.165, 1.54) is 21.9 Å². The first-order valence-electron chi connectivity index (χ1n) is 12.0. The molecule has 8 heteroatoms. The highest BCUT2D eigenvalue weighted by Gasteiger charge is 2.07. The van der Waals surface area contributed by atoms with E-state index in [-0.39, 0.29) is 12.1 Å². The number of benzene rings is 3. The number of hydrogen-bond acceptors (Lipinski definition) is 2. The number of amides is 4. The monoisotopic (exact) mass is 480 g/mol. The van der Waals surface area contributed by atoms with Crippen LogP contribution in [0.15, 0.2) is 85.2 Å². The fourth-order valence-corrected chi connectivity index (χ4v) is 4.29. The Morgan fingerprint density at radius 1 is 0.583 bits per heavy atom. The van der Waals surface area contributed by atoms with Crippen molar-refractivity contribution in [2.75, 3.05) is 23.7 Å². The van der Waals surface area contributed by atoms with Crippen LogP contribution in [-0.2, 0) is 12.8 Å². The van der Waals surface area contributed by atoms with Crippen LogP contribution in [0.3, 0.4) is 0 Å². The van der Waals surface area contributed by atoms with E-state index in [1.807, 2.05) is 48.8 Å². The van der Waals surface area contributed by atoms with Gasteiger partial charge >= 0.3 is 12.1 Å². The first-order valence-corrected chi connectivity index (χ1v) is 12.0. The Labute approximate surface area is 208 Å². The number of carbonyl (C=O) groups is 2. The first kappa shape index (κ1) is 23.0. The number of rotatable bonds is 8. The third-order valence-corrected chi connectivity index (χ3v) is 6.11. The molecule has 0 saturated carbocycles. The van der Waals surface area contributed by atoms with Crippen LogP contribution in [0.5, 0.6) is 0 Å². The van der Waals surface area contributed by atoms with Crippen LogP contribution in [0, 0.1) is 0 Å². The topological polar surface area (TPSA) is 114 Å². The molecule has 0 spiro atoms. The van der Waals surface area contributed by atoms with Crippen molar-refractivity contribution in [3.05, 3.63) is 96.3 Å². The summed E-state index contributed by atoms with van der Waals surface area (Å²) < 4.78 is 0. The number of nitrogens with one attached hydrogen (secondary N) is 6. The minimum Gasteiger partial charge on any atom is -0.361 e. The summed E-state index contributed by atoms with van der Waals surface area (Å²) in [6.07, 6.45) is 5.42. The zero-order chi connectivity index (χ0) is 24.7. The van der Waals surface area contributed by atoms with Crippen LogP contribution in [0.2, 0.25) is 0 Å². The first-order chi connectivity index (χ1) is 17.7. The molecular formula is C28H28N6O2. The number of urea groups is 2. The van der Waals surface area contributed by atoms with Crippen LogP contribution >= 0.6 is 0 Å². The molecule has 182 valence electrons. The highest BCUT2D eigenvalue weighted by Crippen LogP contribution is 2.19. The van der Waals surface area contributed by atoms with Gasteiger partial charge in [0.2, 0.25) is 0 Å². The van der Waals surface area contributed by atoms with Gasteiger partial charge in [-0.3, -0.25) is 0 Å². The molecule has 0 saturated heterocycles. The van der Waals surface area contributed by atoms with Gasteiger partial charge in [0, 0.05) is 58.7 Å². The lowest BCUT2D eigenvalue weighted by atomic mass is 10.1. The molecular weight excluding hydrogens is 452 g/mol.